The highest BCUT2D eigenvalue weighted by Crippen LogP contribution is 2.29. The largest absolute Gasteiger partial charge is 0.366 e. The average molecular weight is 284 g/mol. The highest BCUT2D eigenvalue weighted by molar-refractivity contribution is 5.79. The van der Waals surface area contributed by atoms with Gasteiger partial charge >= 0.3 is 0 Å². The molecule has 0 saturated carbocycles. The van der Waals surface area contributed by atoms with E-state index in [1.54, 1.807) is 0 Å². The van der Waals surface area contributed by atoms with Gasteiger partial charge in [0.25, 0.3) is 0 Å². The summed E-state index contributed by atoms with van der Waals surface area (Å²) in [5.41, 5.74) is 2.76. The van der Waals surface area contributed by atoms with Crippen molar-refractivity contribution in [3.05, 3.63) is 42.0 Å². The highest BCUT2D eigenvalue weighted by Gasteiger charge is 2.24. The first-order valence-electron chi connectivity index (χ1n) is 8.03. The second-order valence-corrected chi connectivity index (χ2v) is 6.15. The van der Waals surface area contributed by atoms with Crippen molar-refractivity contribution in [3.8, 4) is 0 Å². The van der Waals surface area contributed by atoms with Crippen molar-refractivity contribution in [3.63, 3.8) is 0 Å². The molecule has 112 valence electrons. The Morgan fingerprint density at radius 2 is 2.24 bits per heavy atom. The SMILES string of the molecule is C[C@@H](CNC(=O)[C@H]1CC=CCC1)N1CCc2ccccc21. The fraction of sp³-hybridized carbons (Fsp3) is 0.500. The molecule has 0 saturated heterocycles. The van der Waals surface area contributed by atoms with E-state index >= 15 is 0 Å². The third kappa shape index (κ3) is 3.12. The van der Waals surface area contributed by atoms with Gasteiger partial charge in [0, 0.05) is 30.7 Å². The van der Waals surface area contributed by atoms with Crippen molar-refractivity contribution < 1.29 is 4.79 Å². The van der Waals surface area contributed by atoms with Crippen LogP contribution in [0, 0.1) is 5.92 Å². The molecule has 0 radical (unpaired) electrons. The van der Waals surface area contributed by atoms with E-state index in [1.165, 1.54) is 11.3 Å². The summed E-state index contributed by atoms with van der Waals surface area (Å²) in [6, 6.07) is 8.93. The number of benzene rings is 1. The summed E-state index contributed by atoms with van der Waals surface area (Å²) in [4.78, 5) is 14.6. The van der Waals surface area contributed by atoms with Crippen LogP contribution in [0.2, 0.25) is 0 Å². The van der Waals surface area contributed by atoms with E-state index < -0.39 is 0 Å². The lowest BCUT2D eigenvalue weighted by Gasteiger charge is -2.28. The van der Waals surface area contributed by atoms with Crippen LogP contribution in [0.5, 0.6) is 0 Å². The molecular formula is C18H24N2O. The molecule has 1 aliphatic carbocycles. The van der Waals surface area contributed by atoms with Crippen LogP contribution in [0.15, 0.2) is 36.4 Å². The van der Waals surface area contributed by atoms with Gasteiger partial charge in [0.1, 0.15) is 0 Å². The second-order valence-electron chi connectivity index (χ2n) is 6.15. The molecule has 1 amide bonds. The number of carbonyl (C=O) groups excluding carboxylic acids is 1. The molecule has 0 unspecified atom stereocenters. The number of fused-ring (bicyclic) bond motifs is 1. The van der Waals surface area contributed by atoms with Crippen LogP contribution >= 0.6 is 0 Å². The van der Waals surface area contributed by atoms with Crippen LogP contribution in [-0.4, -0.2) is 25.0 Å². The Bertz CT molecular complexity index is 538. The van der Waals surface area contributed by atoms with Crippen molar-refractivity contribution in [1.82, 2.24) is 5.32 Å². The molecular weight excluding hydrogens is 260 g/mol. The van der Waals surface area contributed by atoms with Crippen LogP contribution in [0.25, 0.3) is 0 Å². The first kappa shape index (κ1) is 14.2. The summed E-state index contributed by atoms with van der Waals surface area (Å²) in [7, 11) is 0. The van der Waals surface area contributed by atoms with E-state index in [2.05, 4.69) is 53.6 Å². The fourth-order valence-electron chi connectivity index (χ4n) is 3.36. The summed E-state index contributed by atoms with van der Waals surface area (Å²) >= 11 is 0. The van der Waals surface area contributed by atoms with Crippen LogP contribution in [0.3, 0.4) is 0 Å². The van der Waals surface area contributed by atoms with Crippen LogP contribution in [0.1, 0.15) is 31.7 Å². The van der Waals surface area contributed by atoms with Gasteiger partial charge < -0.3 is 10.2 Å². The lowest BCUT2D eigenvalue weighted by molar-refractivity contribution is -0.125. The lowest BCUT2D eigenvalue weighted by atomic mass is 9.93. The van der Waals surface area contributed by atoms with E-state index in [1.807, 2.05) is 0 Å². The second kappa shape index (κ2) is 6.33. The summed E-state index contributed by atoms with van der Waals surface area (Å²) in [6.45, 7) is 3.99. The highest BCUT2D eigenvalue weighted by atomic mass is 16.1. The average Bonchev–Trinajstić information content (AvgIpc) is 2.97. The molecule has 1 aromatic carbocycles. The Morgan fingerprint density at radius 1 is 1.38 bits per heavy atom. The van der Waals surface area contributed by atoms with Gasteiger partial charge in [-0.05, 0) is 44.2 Å². The van der Waals surface area contributed by atoms with Crippen molar-refractivity contribution in [1.29, 1.82) is 0 Å². The maximum Gasteiger partial charge on any atom is 0.223 e. The Kier molecular flexibility index (Phi) is 4.28. The quantitative estimate of drug-likeness (QED) is 0.862. The molecule has 1 heterocycles. The standard InChI is InChI=1S/C18H24N2O/c1-14(13-19-18(21)16-8-3-2-4-9-16)20-12-11-15-7-5-6-10-17(15)20/h2-3,5-7,10,14,16H,4,8-9,11-13H2,1H3,(H,19,21)/t14-,16-/m0/s1. The van der Waals surface area contributed by atoms with E-state index in [0.717, 1.165) is 38.8 Å². The van der Waals surface area contributed by atoms with Crippen molar-refractivity contribution in [2.75, 3.05) is 18.0 Å². The summed E-state index contributed by atoms with van der Waals surface area (Å²) in [5.74, 6) is 0.395. The number of carbonyl (C=O) groups is 1. The molecule has 2 aliphatic rings. The minimum atomic E-state index is 0.174. The number of nitrogens with zero attached hydrogens (tertiary/aromatic N) is 1. The summed E-state index contributed by atoms with van der Waals surface area (Å²) in [6.07, 6.45) is 8.34. The molecule has 2 atom stereocenters. The summed E-state index contributed by atoms with van der Waals surface area (Å²) < 4.78 is 0. The molecule has 1 aliphatic heterocycles. The van der Waals surface area contributed by atoms with Gasteiger partial charge in [-0.1, -0.05) is 30.4 Å². The molecule has 21 heavy (non-hydrogen) atoms. The van der Waals surface area contributed by atoms with Crippen molar-refractivity contribution in [2.45, 2.75) is 38.6 Å². The van der Waals surface area contributed by atoms with Gasteiger partial charge in [-0.3, -0.25) is 4.79 Å². The Hall–Kier alpha value is -1.77. The monoisotopic (exact) mass is 284 g/mol. The van der Waals surface area contributed by atoms with Gasteiger partial charge in [0.15, 0.2) is 0 Å². The van der Waals surface area contributed by atoms with E-state index in [-0.39, 0.29) is 11.8 Å². The van der Waals surface area contributed by atoms with E-state index in [9.17, 15) is 4.79 Å². The topological polar surface area (TPSA) is 32.3 Å². The molecule has 0 aromatic heterocycles. The predicted octanol–water partition coefficient (Wildman–Crippen LogP) is 2.91. The van der Waals surface area contributed by atoms with Crippen LogP contribution in [-0.2, 0) is 11.2 Å². The van der Waals surface area contributed by atoms with Gasteiger partial charge in [0.05, 0.1) is 0 Å². The first-order chi connectivity index (χ1) is 10.3. The van der Waals surface area contributed by atoms with Gasteiger partial charge in [-0.15, -0.1) is 0 Å². The smallest absolute Gasteiger partial charge is 0.223 e. The van der Waals surface area contributed by atoms with E-state index in [0.29, 0.717) is 6.04 Å². The predicted molar refractivity (Wildman–Crippen MR) is 86.4 cm³/mol. The Balaban J connectivity index is 1.54. The normalized spacial score (nSPS) is 22.0. The number of hydrogen-bond acceptors (Lipinski definition) is 2. The maximum atomic E-state index is 12.2. The van der Waals surface area contributed by atoms with Gasteiger partial charge in [0.2, 0.25) is 5.91 Å². The lowest BCUT2D eigenvalue weighted by Crippen LogP contribution is -2.43. The number of anilines is 1. The fourth-order valence-corrected chi connectivity index (χ4v) is 3.36. The summed E-state index contributed by atoms with van der Waals surface area (Å²) in [5, 5.41) is 3.15. The Labute approximate surface area is 127 Å². The minimum Gasteiger partial charge on any atom is -0.366 e. The maximum absolute atomic E-state index is 12.2. The zero-order valence-electron chi connectivity index (χ0n) is 12.7. The molecule has 0 spiro atoms. The molecule has 1 aromatic rings. The van der Waals surface area contributed by atoms with Gasteiger partial charge in [-0.25, -0.2) is 0 Å². The molecule has 3 heteroatoms. The number of rotatable bonds is 4. The number of hydrogen-bond donors (Lipinski definition) is 1. The third-order valence-electron chi connectivity index (χ3n) is 4.67. The van der Waals surface area contributed by atoms with Crippen LogP contribution < -0.4 is 10.2 Å². The Morgan fingerprint density at radius 3 is 3.05 bits per heavy atom. The molecule has 0 fully saturated rings. The molecule has 0 bridgehead atoms. The molecule has 1 N–H and O–H groups in total. The number of para-hydroxylation sites is 1. The number of amides is 1. The first-order valence-corrected chi connectivity index (χ1v) is 8.03. The van der Waals surface area contributed by atoms with E-state index in [4.69, 9.17) is 0 Å². The van der Waals surface area contributed by atoms with Crippen LogP contribution in [0.4, 0.5) is 5.69 Å². The molecule has 3 nitrogen and oxygen atoms in total. The zero-order valence-corrected chi connectivity index (χ0v) is 12.7. The minimum absolute atomic E-state index is 0.174. The van der Waals surface area contributed by atoms with Crippen molar-refractivity contribution >= 4 is 11.6 Å². The van der Waals surface area contributed by atoms with Crippen molar-refractivity contribution in [2.24, 2.45) is 5.92 Å². The third-order valence-corrected chi connectivity index (χ3v) is 4.67. The van der Waals surface area contributed by atoms with Gasteiger partial charge in [-0.2, -0.15) is 0 Å². The number of nitrogens with one attached hydrogen (secondary N) is 1. The molecule has 3 rings (SSSR count). The zero-order chi connectivity index (χ0) is 14.7. The number of allylic oxidation sites excluding steroid dienone is 2.